The van der Waals surface area contributed by atoms with Crippen LogP contribution in [0, 0.1) is 0 Å². The van der Waals surface area contributed by atoms with Crippen LogP contribution in [0.2, 0.25) is 0 Å². The molecule has 0 saturated carbocycles. The minimum Gasteiger partial charge on any atom is -0.493 e. The summed E-state index contributed by atoms with van der Waals surface area (Å²) in [7, 11) is 3.43. The molecule has 35 heavy (non-hydrogen) atoms. The van der Waals surface area contributed by atoms with E-state index < -0.39 is 0 Å². The van der Waals surface area contributed by atoms with Crippen molar-refractivity contribution in [1.29, 1.82) is 0 Å². The van der Waals surface area contributed by atoms with E-state index in [0.717, 1.165) is 41.0 Å². The number of aryl methyl sites for hydroxylation is 1. The maximum atomic E-state index is 12.8. The van der Waals surface area contributed by atoms with Crippen LogP contribution in [0.3, 0.4) is 0 Å². The number of methoxy groups -OCH3 is 1. The first-order valence-electron chi connectivity index (χ1n) is 11.6. The third-order valence-electron chi connectivity index (χ3n) is 5.76. The number of carbonyl (C=O) groups is 1. The van der Waals surface area contributed by atoms with Crippen molar-refractivity contribution < 1.29 is 14.3 Å². The number of ether oxygens (including phenoxy) is 2. The van der Waals surface area contributed by atoms with E-state index in [1.54, 1.807) is 43.6 Å². The fraction of sp³-hybridized carbons (Fsp3) is 0.250. The second-order valence-corrected chi connectivity index (χ2v) is 8.25. The quantitative estimate of drug-likeness (QED) is 0.230. The molecule has 4 aromatic rings. The number of hydrogen-bond acceptors (Lipinski definition) is 5. The van der Waals surface area contributed by atoms with E-state index in [0.29, 0.717) is 31.0 Å². The maximum absolute atomic E-state index is 12.8. The number of imidazole rings is 1. The molecule has 0 aliphatic heterocycles. The van der Waals surface area contributed by atoms with Crippen LogP contribution < -0.4 is 9.47 Å². The van der Waals surface area contributed by atoms with Gasteiger partial charge >= 0.3 is 0 Å². The first-order chi connectivity index (χ1) is 17.1. The number of allylic oxidation sites excluding steroid dienone is 1. The average Bonchev–Trinajstić information content (AvgIpc) is 3.24. The minimum absolute atomic E-state index is 0.0907. The van der Waals surface area contributed by atoms with Gasteiger partial charge < -0.3 is 18.9 Å². The lowest BCUT2D eigenvalue weighted by Crippen LogP contribution is -2.28. The molecule has 0 aliphatic rings. The summed E-state index contributed by atoms with van der Waals surface area (Å²) < 4.78 is 13.7. The van der Waals surface area contributed by atoms with Crippen molar-refractivity contribution in [3.05, 3.63) is 96.6 Å². The predicted octanol–water partition coefficient (Wildman–Crippen LogP) is 4.91. The molecule has 2 aromatic carbocycles. The number of benzene rings is 2. The molecule has 7 heteroatoms. The largest absolute Gasteiger partial charge is 0.493 e. The van der Waals surface area contributed by atoms with Gasteiger partial charge in [-0.1, -0.05) is 24.3 Å². The molecule has 180 valence electrons. The summed E-state index contributed by atoms with van der Waals surface area (Å²) in [6.07, 6.45) is 6.65. The van der Waals surface area contributed by atoms with E-state index in [2.05, 4.69) is 22.2 Å². The highest BCUT2D eigenvalue weighted by molar-refractivity contribution is 5.93. The molecule has 0 bridgehead atoms. The van der Waals surface area contributed by atoms with Gasteiger partial charge in [-0.25, -0.2) is 4.98 Å². The third-order valence-corrected chi connectivity index (χ3v) is 5.76. The van der Waals surface area contributed by atoms with Gasteiger partial charge in [0.2, 0.25) is 0 Å². The SMILES string of the molecule is C=CCc1ccc(OCCCn2c(CN(C)C(=O)c3cccnc3)nc3ccccc32)c(OC)c1. The van der Waals surface area contributed by atoms with Crippen LogP contribution in [0.25, 0.3) is 11.0 Å². The number of fused-ring (bicyclic) bond motifs is 1. The van der Waals surface area contributed by atoms with E-state index in [1.807, 2.05) is 42.5 Å². The standard InChI is InChI=1S/C28H30N4O3/c1-4-9-21-13-14-25(26(18-21)34-3)35-17-8-16-32-24-12-6-5-11-23(24)30-27(32)20-31(2)28(33)22-10-7-15-29-19-22/h4-7,10-15,18-19H,1,8-9,16-17,20H2,2-3H3. The number of para-hydroxylation sites is 2. The van der Waals surface area contributed by atoms with E-state index in [1.165, 1.54) is 0 Å². The number of carbonyl (C=O) groups excluding carboxylic acids is 1. The Kier molecular flexibility index (Phi) is 7.77. The van der Waals surface area contributed by atoms with Crippen LogP contribution in [0.15, 0.2) is 79.6 Å². The van der Waals surface area contributed by atoms with Crippen molar-refractivity contribution in [2.45, 2.75) is 25.9 Å². The molecule has 2 heterocycles. The van der Waals surface area contributed by atoms with Gasteiger partial charge in [-0.2, -0.15) is 0 Å². The molecule has 0 spiro atoms. The van der Waals surface area contributed by atoms with Crippen LogP contribution in [-0.4, -0.2) is 46.1 Å². The molecule has 2 aromatic heterocycles. The van der Waals surface area contributed by atoms with E-state index in [9.17, 15) is 4.79 Å². The van der Waals surface area contributed by atoms with Crippen LogP contribution in [0.4, 0.5) is 0 Å². The van der Waals surface area contributed by atoms with Crippen LogP contribution in [0.1, 0.15) is 28.2 Å². The van der Waals surface area contributed by atoms with Crippen molar-refractivity contribution in [2.75, 3.05) is 20.8 Å². The first-order valence-corrected chi connectivity index (χ1v) is 11.6. The van der Waals surface area contributed by atoms with Gasteiger partial charge in [-0.05, 0) is 54.8 Å². The highest BCUT2D eigenvalue weighted by Gasteiger charge is 2.17. The average molecular weight is 471 g/mol. The minimum atomic E-state index is -0.0907. The zero-order chi connectivity index (χ0) is 24.6. The number of amides is 1. The van der Waals surface area contributed by atoms with Gasteiger partial charge in [0.15, 0.2) is 11.5 Å². The number of pyridine rings is 1. The van der Waals surface area contributed by atoms with Gasteiger partial charge in [-0.15, -0.1) is 6.58 Å². The highest BCUT2D eigenvalue weighted by atomic mass is 16.5. The Labute approximate surface area is 205 Å². The molecule has 7 nitrogen and oxygen atoms in total. The fourth-order valence-electron chi connectivity index (χ4n) is 4.02. The monoisotopic (exact) mass is 470 g/mol. The molecule has 0 N–H and O–H groups in total. The second-order valence-electron chi connectivity index (χ2n) is 8.25. The summed E-state index contributed by atoms with van der Waals surface area (Å²) in [5.41, 5.74) is 3.63. The number of rotatable bonds is 11. The Morgan fingerprint density at radius 2 is 2.00 bits per heavy atom. The lowest BCUT2D eigenvalue weighted by Gasteiger charge is -2.18. The predicted molar refractivity (Wildman–Crippen MR) is 137 cm³/mol. The molecule has 0 aliphatic carbocycles. The Morgan fingerprint density at radius 3 is 2.77 bits per heavy atom. The van der Waals surface area contributed by atoms with Gasteiger partial charge in [0, 0.05) is 26.0 Å². The molecule has 4 rings (SSSR count). The second kappa shape index (κ2) is 11.3. The van der Waals surface area contributed by atoms with Crippen LogP contribution >= 0.6 is 0 Å². The lowest BCUT2D eigenvalue weighted by atomic mass is 10.1. The molecular formula is C28H30N4O3. The number of nitrogens with zero attached hydrogens (tertiary/aromatic N) is 4. The van der Waals surface area contributed by atoms with Crippen molar-refractivity contribution >= 4 is 16.9 Å². The molecule has 0 saturated heterocycles. The van der Waals surface area contributed by atoms with E-state index in [4.69, 9.17) is 14.5 Å². The van der Waals surface area contributed by atoms with Gasteiger partial charge in [-0.3, -0.25) is 9.78 Å². The summed E-state index contributed by atoms with van der Waals surface area (Å²) in [6.45, 7) is 5.41. The van der Waals surface area contributed by atoms with Gasteiger partial charge in [0.1, 0.15) is 5.82 Å². The first kappa shape index (κ1) is 24.0. The van der Waals surface area contributed by atoms with Crippen LogP contribution in [-0.2, 0) is 19.5 Å². The number of hydrogen-bond donors (Lipinski definition) is 0. The summed E-state index contributed by atoms with van der Waals surface area (Å²) in [5.74, 6) is 2.18. The molecule has 1 amide bonds. The van der Waals surface area contributed by atoms with E-state index in [-0.39, 0.29) is 5.91 Å². The summed E-state index contributed by atoms with van der Waals surface area (Å²) in [4.78, 5) is 23.4. The summed E-state index contributed by atoms with van der Waals surface area (Å²) in [5, 5.41) is 0. The fourth-order valence-corrected chi connectivity index (χ4v) is 4.02. The van der Waals surface area contributed by atoms with E-state index >= 15 is 0 Å². The normalized spacial score (nSPS) is 10.8. The Bertz CT molecular complexity index is 1300. The molecule has 0 unspecified atom stereocenters. The topological polar surface area (TPSA) is 69.5 Å². The molecule has 0 radical (unpaired) electrons. The van der Waals surface area contributed by atoms with Crippen molar-refractivity contribution in [3.8, 4) is 11.5 Å². The van der Waals surface area contributed by atoms with Crippen molar-refractivity contribution in [1.82, 2.24) is 19.4 Å². The molecule has 0 atom stereocenters. The highest BCUT2D eigenvalue weighted by Crippen LogP contribution is 2.28. The van der Waals surface area contributed by atoms with Crippen molar-refractivity contribution in [3.63, 3.8) is 0 Å². The third kappa shape index (κ3) is 5.69. The Morgan fingerprint density at radius 1 is 1.14 bits per heavy atom. The van der Waals surface area contributed by atoms with Crippen LogP contribution in [0.5, 0.6) is 11.5 Å². The summed E-state index contributed by atoms with van der Waals surface area (Å²) >= 11 is 0. The Balaban J connectivity index is 1.45. The van der Waals surface area contributed by atoms with Gasteiger partial charge in [0.05, 0.1) is 36.9 Å². The lowest BCUT2D eigenvalue weighted by molar-refractivity contribution is 0.0779. The Hall–Kier alpha value is -4.13. The van der Waals surface area contributed by atoms with Crippen molar-refractivity contribution in [2.24, 2.45) is 0 Å². The molecular weight excluding hydrogens is 440 g/mol. The smallest absolute Gasteiger partial charge is 0.255 e. The zero-order valence-electron chi connectivity index (χ0n) is 20.2. The number of aromatic nitrogens is 3. The molecule has 0 fully saturated rings. The van der Waals surface area contributed by atoms with Gasteiger partial charge in [0.25, 0.3) is 5.91 Å². The zero-order valence-corrected chi connectivity index (χ0v) is 20.2. The summed E-state index contributed by atoms with van der Waals surface area (Å²) in [6, 6.07) is 17.5. The maximum Gasteiger partial charge on any atom is 0.255 e.